The monoisotopic (exact) mass is 261 g/mol. The predicted molar refractivity (Wildman–Crippen MR) is 69.1 cm³/mol. The van der Waals surface area contributed by atoms with Gasteiger partial charge < -0.3 is 10.4 Å². The van der Waals surface area contributed by atoms with Gasteiger partial charge in [0.2, 0.25) is 0 Å². The number of carbonyl (C=O) groups is 1. The van der Waals surface area contributed by atoms with Crippen LogP contribution in [0.25, 0.3) is 0 Å². The standard InChI is InChI=1S/C12H15N5O2/c1-8-14-7-10(12(18)19)11(15-8)13-5-3-9-4-6-17(2)16-9/h4,6-7H,3,5H2,1-2H3,(H,18,19)(H,13,14,15). The molecule has 2 aromatic rings. The van der Waals surface area contributed by atoms with Gasteiger partial charge in [0.05, 0.1) is 5.69 Å². The summed E-state index contributed by atoms with van der Waals surface area (Å²) in [5, 5.41) is 16.3. The van der Waals surface area contributed by atoms with Crippen molar-refractivity contribution in [3.05, 3.63) is 35.5 Å². The van der Waals surface area contributed by atoms with E-state index in [1.165, 1.54) is 6.20 Å². The molecule has 0 atom stereocenters. The molecule has 0 aliphatic rings. The van der Waals surface area contributed by atoms with E-state index in [0.717, 1.165) is 5.69 Å². The summed E-state index contributed by atoms with van der Waals surface area (Å²) < 4.78 is 1.73. The van der Waals surface area contributed by atoms with Crippen molar-refractivity contribution in [3.63, 3.8) is 0 Å². The van der Waals surface area contributed by atoms with Crippen LogP contribution in [0.3, 0.4) is 0 Å². The number of nitrogens with zero attached hydrogens (tertiary/aromatic N) is 4. The molecule has 2 rings (SSSR count). The third-order valence-electron chi connectivity index (χ3n) is 2.58. The minimum absolute atomic E-state index is 0.0756. The van der Waals surface area contributed by atoms with Crippen LogP contribution in [0, 0.1) is 6.92 Å². The molecule has 0 saturated heterocycles. The highest BCUT2D eigenvalue weighted by molar-refractivity contribution is 5.92. The fourth-order valence-corrected chi connectivity index (χ4v) is 1.67. The molecule has 0 aromatic carbocycles. The van der Waals surface area contributed by atoms with Gasteiger partial charge in [-0.05, 0) is 13.0 Å². The summed E-state index contributed by atoms with van der Waals surface area (Å²) in [5.41, 5.74) is 1.02. The lowest BCUT2D eigenvalue weighted by atomic mass is 10.3. The van der Waals surface area contributed by atoms with Crippen molar-refractivity contribution in [1.82, 2.24) is 19.7 Å². The molecule has 0 spiro atoms. The van der Waals surface area contributed by atoms with Gasteiger partial charge in [0.25, 0.3) is 0 Å². The Morgan fingerprint density at radius 2 is 2.32 bits per heavy atom. The van der Waals surface area contributed by atoms with Crippen molar-refractivity contribution in [2.45, 2.75) is 13.3 Å². The fraction of sp³-hybridized carbons (Fsp3) is 0.333. The molecule has 0 fully saturated rings. The molecule has 2 aromatic heterocycles. The van der Waals surface area contributed by atoms with Gasteiger partial charge in [-0.25, -0.2) is 14.8 Å². The molecule has 0 amide bonds. The lowest BCUT2D eigenvalue weighted by Gasteiger charge is -2.07. The number of carboxylic acids is 1. The van der Waals surface area contributed by atoms with Crippen LogP contribution < -0.4 is 5.32 Å². The minimum atomic E-state index is -1.04. The van der Waals surface area contributed by atoms with Crippen molar-refractivity contribution in [3.8, 4) is 0 Å². The summed E-state index contributed by atoms with van der Waals surface area (Å²) in [7, 11) is 1.85. The molecule has 2 heterocycles. The van der Waals surface area contributed by atoms with Crippen molar-refractivity contribution in [2.75, 3.05) is 11.9 Å². The Morgan fingerprint density at radius 1 is 1.53 bits per heavy atom. The topological polar surface area (TPSA) is 92.9 Å². The number of rotatable bonds is 5. The first kappa shape index (κ1) is 13.0. The highest BCUT2D eigenvalue weighted by atomic mass is 16.4. The zero-order valence-electron chi connectivity index (χ0n) is 10.8. The molecule has 7 nitrogen and oxygen atoms in total. The number of carboxylic acid groups (broad SMARTS) is 1. The highest BCUT2D eigenvalue weighted by Gasteiger charge is 2.12. The number of anilines is 1. The van der Waals surface area contributed by atoms with Crippen LogP contribution in [0.2, 0.25) is 0 Å². The van der Waals surface area contributed by atoms with E-state index in [1.807, 2.05) is 19.3 Å². The van der Waals surface area contributed by atoms with Crippen molar-refractivity contribution in [1.29, 1.82) is 0 Å². The molecule has 2 N–H and O–H groups in total. The van der Waals surface area contributed by atoms with E-state index >= 15 is 0 Å². The Bertz CT molecular complexity index is 594. The number of aryl methyl sites for hydroxylation is 2. The van der Waals surface area contributed by atoms with Crippen molar-refractivity contribution >= 4 is 11.8 Å². The third kappa shape index (κ3) is 3.27. The quantitative estimate of drug-likeness (QED) is 0.829. The summed E-state index contributed by atoms with van der Waals surface area (Å²) in [6.45, 7) is 2.28. The van der Waals surface area contributed by atoms with Crippen molar-refractivity contribution < 1.29 is 9.90 Å². The van der Waals surface area contributed by atoms with Crippen LogP contribution in [0.4, 0.5) is 5.82 Å². The fourth-order valence-electron chi connectivity index (χ4n) is 1.67. The third-order valence-corrected chi connectivity index (χ3v) is 2.58. The molecule has 19 heavy (non-hydrogen) atoms. The molecule has 0 saturated carbocycles. The first-order chi connectivity index (χ1) is 9.06. The highest BCUT2D eigenvalue weighted by Crippen LogP contribution is 2.11. The molecule has 0 radical (unpaired) electrons. The molecule has 0 bridgehead atoms. The van der Waals surface area contributed by atoms with E-state index in [4.69, 9.17) is 5.11 Å². The Hall–Kier alpha value is -2.44. The maximum atomic E-state index is 11.0. The molecule has 100 valence electrons. The Balaban J connectivity index is 2.02. The first-order valence-corrected chi connectivity index (χ1v) is 5.85. The second-order valence-corrected chi connectivity index (χ2v) is 4.14. The summed E-state index contributed by atoms with van der Waals surface area (Å²) in [4.78, 5) is 19.0. The Kier molecular flexibility index (Phi) is 3.74. The first-order valence-electron chi connectivity index (χ1n) is 5.85. The largest absolute Gasteiger partial charge is 0.477 e. The van der Waals surface area contributed by atoms with Gasteiger partial charge in [-0.15, -0.1) is 0 Å². The lowest BCUT2D eigenvalue weighted by molar-refractivity contribution is 0.0697. The van der Waals surface area contributed by atoms with Gasteiger partial charge in [-0.1, -0.05) is 0 Å². The van der Waals surface area contributed by atoms with Crippen LogP contribution in [0.1, 0.15) is 21.9 Å². The van der Waals surface area contributed by atoms with Gasteiger partial charge in [0.15, 0.2) is 0 Å². The Labute approximate surface area is 110 Å². The number of hydrogen-bond acceptors (Lipinski definition) is 5. The smallest absolute Gasteiger partial charge is 0.341 e. The Morgan fingerprint density at radius 3 is 2.95 bits per heavy atom. The summed E-state index contributed by atoms with van der Waals surface area (Å²) in [6, 6.07) is 1.92. The van der Waals surface area contributed by atoms with Crippen LogP contribution in [-0.4, -0.2) is 37.4 Å². The minimum Gasteiger partial charge on any atom is -0.477 e. The van der Waals surface area contributed by atoms with Gasteiger partial charge in [0, 0.05) is 32.4 Å². The molecule has 7 heteroatoms. The van der Waals surface area contributed by atoms with Gasteiger partial charge in [0.1, 0.15) is 17.2 Å². The predicted octanol–water partition coefficient (Wildman–Crippen LogP) is 0.871. The van der Waals surface area contributed by atoms with Crippen LogP contribution in [-0.2, 0) is 13.5 Å². The number of aromatic carboxylic acids is 1. The maximum absolute atomic E-state index is 11.0. The molecular formula is C12H15N5O2. The van der Waals surface area contributed by atoms with E-state index in [0.29, 0.717) is 24.6 Å². The number of nitrogens with one attached hydrogen (secondary N) is 1. The van der Waals surface area contributed by atoms with E-state index in [2.05, 4.69) is 20.4 Å². The van der Waals surface area contributed by atoms with Gasteiger partial charge in [-0.2, -0.15) is 5.10 Å². The molecule has 0 aliphatic heterocycles. The maximum Gasteiger partial charge on any atom is 0.341 e. The summed E-state index contributed by atoms with van der Waals surface area (Å²) in [6.07, 6.45) is 3.88. The van der Waals surface area contributed by atoms with Crippen LogP contribution >= 0.6 is 0 Å². The normalized spacial score (nSPS) is 10.4. The van der Waals surface area contributed by atoms with Crippen LogP contribution in [0.15, 0.2) is 18.5 Å². The van der Waals surface area contributed by atoms with Crippen LogP contribution in [0.5, 0.6) is 0 Å². The van der Waals surface area contributed by atoms with E-state index < -0.39 is 5.97 Å². The van der Waals surface area contributed by atoms with E-state index in [-0.39, 0.29) is 5.56 Å². The second kappa shape index (κ2) is 5.47. The SMILES string of the molecule is Cc1ncc(C(=O)O)c(NCCc2ccn(C)n2)n1. The molecule has 0 aliphatic carbocycles. The number of aromatic nitrogens is 4. The van der Waals surface area contributed by atoms with Crippen molar-refractivity contribution in [2.24, 2.45) is 7.05 Å². The lowest BCUT2D eigenvalue weighted by Crippen LogP contribution is -2.13. The number of hydrogen-bond donors (Lipinski definition) is 2. The van der Waals surface area contributed by atoms with Gasteiger partial charge in [-0.3, -0.25) is 4.68 Å². The average molecular weight is 261 g/mol. The molecular weight excluding hydrogens is 246 g/mol. The van der Waals surface area contributed by atoms with Gasteiger partial charge >= 0.3 is 5.97 Å². The molecule has 0 unspecified atom stereocenters. The zero-order valence-corrected chi connectivity index (χ0v) is 10.8. The summed E-state index contributed by atoms with van der Waals surface area (Å²) >= 11 is 0. The van der Waals surface area contributed by atoms with E-state index in [9.17, 15) is 4.79 Å². The van der Waals surface area contributed by atoms with E-state index in [1.54, 1.807) is 11.6 Å². The average Bonchev–Trinajstić information content (AvgIpc) is 2.75. The summed E-state index contributed by atoms with van der Waals surface area (Å²) in [5.74, 6) is -0.165. The second-order valence-electron chi connectivity index (χ2n) is 4.14. The zero-order chi connectivity index (χ0) is 13.8.